The molecule has 22 heavy (non-hydrogen) atoms. The highest BCUT2D eigenvalue weighted by Crippen LogP contribution is 2.10. The lowest BCUT2D eigenvalue weighted by Gasteiger charge is -2.08. The molecule has 0 heterocycles. The molecule has 0 saturated carbocycles. The van der Waals surface area contributed by atoms with Crippen molar-refractivity contribution in [3.05, 3.63) is 71.4 Å². The zero-order valence-electron chi connectivity index (χ0n) is 12.1. The second-order valence-corrected chi connectivity index (χ2v) is 4.54. The minimum atomic E-state index is -0.624. The van der Waals surface area contributed by atoms with Gasteiger partial charge < -0.3 is 15.8 Å². The lowest BCUT2D eigenvalue weighted by molar-refractivity contribution is -0.136. The van der Waals surface area contributed by atoms with E-state index in [2.05, 4.69) is 5.32 Å². The van der Waals surface area contributed by atoms with Gasteiger partial charge in [0.2, 0.25) is 0 Å². The summed E-state index contributed by atoms with van der Waals surface area (Å²) in [5, 5.41) is 2.56. The summed E-state index contributed by atoms with van der Waals surface area (Å²) < 4.78 is 4.70. The Hall–Kier alpha value is -3.08. The van der Waals surface area contributed by atoms with Crippen LogP contribution in [0.2, 0.25) is 0 Å². The number of carbonyl (C=O) groups is 2. The fourth-order valence-electron chi connectivity index (χ4n) is 1.80. The largest absolute Gasteiger partial charge is 0.464 e. The van der Waals surface area contributed by atoms with Crippen LogP contribution in [0.15, 0.2) is 60.3 Å². The van der Waals surface area contributed by atoms with Crippen LogP contribution in [0.3, 0.4) is 0 Å². The number of rotatable bonds is 4. The number of nitrogens with two attached hydrogens (primary N) is 1. The molecule has 2 aromatic carbocycles. The van der Waals surface area contributed by atoms with E-state index in [0.29, 0.717) is 11.3 Å². The molecule has 0 unspecified atom stereocenters. The van der Waals surface area contributed by atoms with Gasteiger partial charge in [-0.05, 0) is 35.9 Å². The molecule has 1 amide bonds. The van der Waals surface area contributed by atoms with Crippen molar-refractivity contribution in [1.82, 2.24) is 5.32 Å². The summed E-state index contributed by atoms with van der Waals surface area (Å²) in [7, 11) is 1.26. The Labute approximate surface area is 128 Å². The second kappa shape index (κ2) is 7.08. The highest BCUT2D eigenvalue weighted by atomic mass is 16.5. The van der Waals surface area contributed by atoms with Gasteiger partial charge in [-0.1, -0.05) is 30.3 Å². The van der Waals surface area contributed by atoms with Crippen molar-refractivity contribution in [2.24, 2.45) is 0 Å². The van der Waals surface area contributed by atoms with E-state index in [1.807, 2.05) is 6.07 Å². The minimum absolute atomic E-state index is 0.0566. The molecule has 0 radical (unpaired) electrons. The summed E-state index contributed by atoms with van der Waals surface area (Å²) >= 11 is 0. The van der Waals surface area contributed by atoms with Gasteiger partial charge in [-0.2, -0.15) is 0 Å². The fourth-order valence-corrected chi connectivity index (χ4v) is 1.80. The third-order valence-electron chi connectivity index (χ3n) is 2.94. The first-order chi connectivity index (χ1) is 10.6. The number of ether oxygens (including phenoxy) is 1. The van der Waals surface area contributed by atoms with Crippen LogP contribution in [-0.2, 0) is 9.53 Å². The molecule has 5 heteroatoms. The molecule has 0 bridgehead atoms. The van der Waals surface area contributed by atoms with E-state index in [-0.39, 0.29) is 11.6 Å². The third kappa shape index (κ3) is 3.96. The molecule has 0 aromatic heterocycles. The van der Waals surface area contributed by atoms with Crippen LogP contribution in [0.25, 0.3) is 6.08 Å². The minimum Gasteiger partial charge on any atom is -0.464 e. The molecule has 0 aliphatic carbocycles. The van der Waals surface area contributed by atoms with Crippen molar-refractivity contribution in [3.8, 4) is 0 Å². The van der Waals surface area contributed by atoms with Crippen LogP contribution >= 0.6 is 0 Å². The van der Waals surface area contributed by atoms with E-state index in [1.54, 1.807) is 48.5 Å². The number of anilines is 1. The van der Waals surface area contributed by atoms with E-state index >= 15 is 0 Å². The zero-order chi connectivity index (χ0) is 15.9. The van der Waals surface area contributed by atoms with Crippen molar-refractivity contribution in [1.29, 1.82) is 0 Å². The van der Waals surface area contributed by atoms with Gasteiger partial charge in [-0.15, -0.1) is 0 Å². The lowest BCUT2D eigenvalue weighted by Crippen LogP contribution is -2.28. The Morgan fingerprint density at radius 1 is 1.05 bits per heavy atom. The summed E-state index contributed by atoms with van der Waals surface area (Å²) in [5.74, 6) is -1.01. The van der Waals surface area contributed by atoms with Crippen LogP contribution in [0, 0.1) is 0 Å². The van der Waals surface area contributed by atoms with E-state index < -0.39 is 5.97 Å². The normalized spacial score (nSPS) is 10.9. The Morgan fingerprint density at radius 2 is 1.68 bits per heavy atom. The molecule has 3 N–H and O–H groups in total. The van der Waals surface area contributed by atoms with E-state index in [9.17, 15) is 9.59 Å². The average Bonchev–Trinajstić information content (AvgIpc) is 2.56. The van der Waals surface area contributed by atoms with Crippen LogP contribution in [-0.4, -0.2) is 19.0 Å². The maximum Gasteiger partial charge on any atom is 0.354 e. The summed E-state index contributed by atoms with van der Waals surface area (Å²) in [6.45, 7) is 0. The number of carbonyl (C=O) groups excluding carboxylic acids is 2. The van der Waals surface area contributed by atoms with Crippen molar-refractivity contribution in [2.45, 2.75) is 0 Å². The number of methoxy groups -OCH3 is 1. The number of esters is 1. The van der Waals surface area contributed by atoms with E-state index in [1.165, 1.54) is 13.2 Å². The predicted molar refractivity (Wildman–Crippen MR) is 84.8 cm³/mol. The van der Waals surface area contributed by atoms with Crippen LogP contribution in [0.1, 0.15) is 15.9 Å². The highest BCUT2D eigenvalue weighted by molar-refractivity contribution is 6.03. The monoisotopic (exact) mass is 296 g/mol. The molecule has 0 aliphatic heterocycles. The number of benzene rings is 2. The van der Waals surface area contributed by atoms with Gasteiger partial charge in [0.15, 0.2) is 0 Å². The molecular formula is C17H16N2O3. The van der Waals surface area contributed by atoms with Gasteiger partial charge in [0.05, 0.1) is 7.11 Å². The zero-order valence-corrected chi connectivity index (χ0v) is 12.1. The van der Waals surface area contributed by atoms with E-state index in [4.69, 9.17) is 10.5 Å². The molecule has 0 atom stereocenters. The first kappa shape index (κ1) is 15.3. The molecule has 2 rings (SSSR count). The quantitative estimate of drug-likeness (QED) is 0.515. The van der Waals surface area contributed by atoms with Crippen molar-refractivity contribution < 1.29 is 14.3 Å². The van der Waals surface area contributed by atoms with E-state index in [0.717, 1.165) is 5.56 Å². The van der Waals surface area contributed by atoms with Crippen LogP contribution in [0.4, 0.5) is 5.69 Å². The van der Waals surface area contributed by atoms with Crippen LogP contribution < -0.4 is 11.1 Å². The third-order valence-corrected chi connectivity index (χ3v) is 2.94. The topological polar surface area (TPSA) is 81.4 Å². The smallest absolute Gasteiger partial charge is 0.354 e. The first-order valence-electron chi connectivity index (χ1n) is 6.62. The van der Waals surface area contributed by atoms with Gasteiger partial charge in [0.1, 0.15) is 5.70 Å². The molecular weight excluding hydrogens is 280 g/mol. The molecule has 5 nitrogen and oxygen atoms in total. The summed E-state index contributed by atoms with van der Waals surface area (Å²) in [5.41, 5.74) is 7.47. The molecule has 0 aliphatic rings. The maximum atomic E-state index is 12.1. The number of hydrogen-bond acceptors (Lipinski definition) is 4. The fraction of sp³-hybridized carbons (Fsp3) is 0.0588. The Kier molecular flexibility index (Phi) is 4.93. The van der Waals surface area contributed by atoms with Crippen molar-refractivity contribution in [3.63, 3.8) is 0 Å². The van der Waals surface area contributed by atoms with Crippen molar-refractivity contribution in [2.75, 3.05) is 12.8 Å². The lowest BCUT2D eigenvalue weighted by atomic mass is 10.1. The molecule has 0 fully saturated rings. The maximum absolute atomic E-state index is 12.1. The Balaban J connectivity index is 2.25. The van der Waals surface area contributed by atoms with Gasteiger partial charge in [-0.25, -0.2) is 4.79 Å². The van der Waals surface area contributed by atoms with Crippen molar-refractivity contribution >= 4 is 23.6 Å². The molecule has 112 valence electrons. The highest BCUT2D eigenvalue weighted by Gasteiger charge is 2.14. The van der Waals surface area contributed by atoms with Crippen LogP contribution in [0.5, 0.6) is 0 Å². The summed E-state index contributed by atoms with van der Waals surface area (Å²) in [6, 6.07) is 15.5. The molecule has 0 saturated heterocycles. The number of nitrogen functional groups attached to an aromatic ring is 1. The van der Waals surface area contributed by atoms with Gasteiger partial charge in [0, 0.05) is 11.3 Å². The molecule has 0 spiro atoms. The first-order valence-corrected chi connectivity index (χ1v) is 6.62. The second-order valence-electron chi connectivity index (χ2n) is 4.54. The average molecular weight is 296 g/mol. The number of nitrogens with one attached hydrogen (secondary N) is 1. The SMILES string of the molecule is COC(=O)/C(=C\c1ccc(N)cc1)NC(=O)c1ccccc1. The Bertz CT molecular complexity index is 692. The Morgan fingerprint density at radius 3 is 2.27 bits per heavy atom. The van der Waals surface area contributed by atoms with Gasteiger partial charge >= 0.3 is 5.97 Å². The summed E-state index contributed by atoms with van der Waals surface area (Å²) in [6.07, 6.45) is 1.53. The molecule has 2 aromatic rings. The van der Waals surface area contributed by atoms with Gasteiger partial charge in [0.25, 0.3) is 5.91 Å². The number of hydrogen-bond donors (Lipinski definition) is 2. The standard InChI is InChI=1S/C17H16N2O3/c1-22-17(21)15(11-12-7-9-14(18)10-8-12)19-16(20)13-5-3-2-4-6-13/h2-11H,18H2,1H3,(H,19,20)/b15-11+. The summed E-state index contributed by atoms with van der Waals surface area (Å²) in [4.78, 5) is 24.0. The number of amides is 1. The predicted octanol–water partition coefficient (Wildman–Crippen LogP) is 2.21. The van der Waals surface area contributed by atoms with Gasteiger partial charge in [-0.3, -0.25) is 4.79 Å².